The minimum Gasteiger partial charge on any atom is -0.326 e. The molecule has 0 unspecified atom stereocenters. The molecule has 94 valence electrons. The van der Waals surface area contributed by atoms with Gasteiger partial charge in [-0.2, -0.15) is 5.26 Å². The molecule has 0 fully saturated rings. The lowest BCUT2D eigenvalue weighted by molar-refractivity contribution is -0.114. The number of carbonyl (C=O) groups is 1. The van der Waals surface area contributed by atoms with Crippen molar-refractivity contribution in [2.24, 2.45) is 0 Å². The highest BCUT2D eigenvalue weighted by Crippen LogP contribution is 2.25. The van der Waals surface area contributed by atoms with E-state index in [0.29, 0.717) is 5.56 Å². The first kappa shape index (κ1) is 12.8. The summed E-state index contributed by atoms with van der Waals surface area (Å²) in [6, 6.07) is 15.4. The summed E-state index contributed by atoms with van der Waals surface area (Å²) in [5.74, 6) is -0.0963. The average Bonchev–Trinajstić information content (AvgIpc) is 2.39. The van der Waals surface area contributed by atoms with Gasteiger partial charge in [-0.25, -0.2) is 0 Å². The van der Waals surface area contributed by atoms with E-state index >= 15 is 0 Å². The van der Waals surface area contributed by atoms with Crippen LogP contribution in [0.3, 0.4) is 0 Å². The largest absolute Gasteiger partial charge is 0.326 e. The molecule has 0 spiro atoms. The van der Waals surface area contributed by atoms with Gasteiger partial charge in [-0.1, -0.05) is 29.8 Å². The first-order valence-corrected chi connectivity index (χ1v) is 5.99. The molecule has 0 aliphatic carbocycles. The second-order valence-electron chi connectivity index (χ2n) is 4.42. The number of nitrogens with one attached hydrogen (secondary N) is 1. The summed E-state index contributed by atoms with van der Waals surface area (Å²) in [4.78, 5) is 11.0. The monoisotopic (exact) mass is 250 g/mol. The van der Waals surface area contributed by atoms with Crippen molar-refractivity contribution in [1.29, 1.82) is 5.26 Å². The van der Waals surface area contributed by atoms with Crippen LogP contribution in [-0.4, -0.2) is 5.91 Å². The summed E-state index contributed by atoms with van der Waals surface area (Å²) in [6.45, 7) is 3.47. The maximum absolute atomic E-state index is 11.0. The maximum atomic E-state index is 11.0. The van der Waals surface area contributed by atoms with E-state index in [4.69, 9.17) is 5.26 Å². The van der Waals surface area contributed by atoms with Gasteiger partial charge in [-0.05, 0) is 36.2 Å². The number of aryl methyl sites for hydroxylation is 1. The normalized spacial score (nSPS) is 9.74. The van der Waals surface area contributed by atoms with Crippen molar-refractivity contribution < 1.29 is 4.79 Å². The fourth-order valence-corrected chi connectivity index (χ4v) is 1.93. The number of hydrogen-bond acceptors (Lipinski definition) is 2. The van der Waals surface area contributed by atoms with Gasteiger partial charge in [0.05, 0.1) is 11.6 Å². The standard InChI is InChI=1S/C16H14N2O/c1-11-3-4-14(10-17)16(9-11)13-5-7-15(8-6-13)18-12(2)19/h3-9H,1-2H3,(H,18,19). The highest BCUT2D eigenvalue weighted by Gasteiger charge is 2.05. The quantitative estimate of drug-likeness (QED) is 0.887. The number of amides is 1. The summed E-state index contributed by atoms with van der Waals surface area (Å²) in [7, 11) is 0. The van der Waals surface area contributed by atoms with E-state index in [-0.39, 0.29) is 5.91 Å². The first-order chi connectivity index (χ1) is 9.10. The van der Waals surface area contributed by atoms with Gasteiger partial charge in [0.2, 0.25) is 5.91 Å². The predicted octanol–water partition coefficient (Wildman–Crippen LogP) is 3.49. The van der Waals surface area contributed by atoms with Crippen LogP contribution in [0, 0.1) is 18.3 Å². The van der Waals surface area contributed by atoms with Crippen LogP contribution in [-0.2, 0) is 4.79 Å². The van der Waals surface area contributed by atoms with Crippen LogP contribution in [0.25, 0.3) is 11.1 Å². The molecule has 1 amide bonds. The zero-order valence-electron chi connectivity index (χ0n) is 10.9. The Morgan fingerprint density at radius 3 is 2.42 bits per heavy atom. The van der Waals surface area contributed by atoms with Gasteiger partial charge in [0.1, 0.15) is 0 Å². The van der Waals surface area contributed by atoms with Gasteiger partial charge in [0.15, 0.2) is 0 Å². The molecular formula is C16H14N2O. The van der Waals surface area contributed by atoms with E-state index in [9.17, 15) is 4.79 Å². The van der Waals surface area contributed by atoms with Crippen LogP contribution in [0.1, 0.15) is 18.1 Å². The van der Waals surface area contributed by atoms with Crippen molar-refractivity contribution in [3.05, 3.63) is 53.6 Å². The molecule has 0 aliphatic heterocycles. The average molecular weight is 250 g/mol. The molecule has 2 aromatic rings. The van der Waals surface area contributed by atoms with Crippen LogP contribution in [0.2, 0.25) is 0 Å². The van der Waals surface area contributed by atoms with Crippen LogP contribution in [0.5, 0.6) is 0 Å². The van der Waals surface area contributed by atoms with E-state index in [1.165, 1.54) is 6.92 Å². The predicted molar refractivity (Wildman–Crippen MR) is 75.6 cm³/mol. The molecule has 2 rings (SSSR count). The summed E-state index contributed by atoms with van der Waals surface area (Å²) in [5, 5.41) is 11.9. The Kier molecular flexibility index (Phi) is 3.63. The zero-order chi connectivity index (χ0) is 13.8. The first-order valence-electron chi connectivity index (χ1n) is 5.99. The molecule has 0 aliphatic rings. The van der Waals surface area contributed by atoms with Gasteiger partial charge in [0, 0.05) is 12.6 Å². The van der Waals surface area contributed by atoms with Crippen LogP contribution >= 0.6 is 0 Å². The molecule has 0 saturated carbocycles. The number of anilines is 1. The molecule has 0 saturated heterocycles. The van der Waals surface area contributed by atoms with Gasteiger partial charge in [0.25, 0.3) is 0 Å². The number of nitriles is 1. The number of nitrogens with zero attached hydrogens (tertiary/aromatic N) is 1. The lowest BCUT2D eigenvalue weighted by atomic mass is 9.98. The summed E-state index contributed by atoms with van der Waals surface area (Å²) in [6.07, 6.45) is 0. The van der Waals surface area contributed by atoms with Crippen molar-refractivity contribution in [2.45, 2.75) is 13.8 Å². The van der Waals surface area contributed by atoms with Crippen LogP contribution < -0.4 is 5.32 Å². The third-order valence-corrected chi connectivity index (χ3v) is 2.81. The van der Waals surface area contributed by atoms with Crippen molar-refractivity contribution in [3.8, 4) is 17.2 Å². The van der Waals surface area contributed by atoms with Gasteiger partial charge in [-0.3, -0.25) is 4.79 Å². The van der Waals surface area contributed by atoms with E-state index < -0.39 is 0 Å². The lowest BCUT2D eigenvalue weighted by Crippen LogP contribution is -2.05. The van der Waals surface area contributed by atoms with Gasteiger partial charge >= 0.3 is 0 Å². The highest BCUT2D eigenvalue weighted by molar-refractivity contribution is 5.89. The molecule has 0 radical (unpaired) electrons. The molecule has 19 heavy (non-hydrogen) atoms. The summed E-state index contributed by atoms with van der Waals surface area (Å²) >= 11 is 0. The fraction of sp³-hybridized carbons (Fsp3) is 0.125. The molecule has 1 N–H and O–H groups in total. The second kappa shape index (κ2) is 5.36. The second-order valence-corrected chi connectivity index (χ2v) is 4.42. The molecular weight excluding hydrogens is 236 g/mol. The van der Waals surface area contributed by atoms with Crippen molar-refractivity contribution in [2.75, 3.05) is 5.32 Å². The van der Waals surface area contributed by atoms with Crippen LogP contribution in [0.15, 0.2) is 42.5 Å². The smallest absolute Gasteiger partial charge is 0.221 e. The SMILES string of the molecule is CC(=O)Nc1ccc(-c2cc(C)ccc2C#N)cc1. The number of benzene rings is 2. The Morgan fingerprint density at radius 1 is 1.16 bits per heavy atom. The fourth-order valence-electron chi connectivity index (χ4n) is 1.93. The van der Waals surface area contributed by atoms with E-state index in [1.807, 2.05) is 49.4 Å². The minimum atomic E-state index is -0.0963. The summed E-state index contributed by atoms with van der Waals surface area (Å²) < 4.78 is 0. The highest BCUT2D eigenvalue weighted by atomic mass is 16.1. The van der Waals surface area contributed by atoms with Crippen molar-refractivity contribution in [1.82, 2.24) is 0 Å². The minimum absolute atomic E-state index is 0.0963. The topological polar surface area (TPSA) is 52.9 Å². The molecule has 3 heteroatoms. The molecule has 0 bridgehead atoms. The number of carbonyl (C=O) groups excluding carboxylic acids is 1. The van der Waals surface area contributed by atoms with E-state index in [0.717, 1.165) is 22.4 Å². The van der Waals surface area contributed by atoms with Crippen LogP contribution in [0.4, 0.5) is 5.69 Å². The zero-order valence-corrected chi connectivity index (χ0v) is 10.9. The van der Waals surface area contributed by atoms with Crippen molar-refractivity contribution >= 4 is 11.6 Å². The van der Waals surface area contributed by atoms with E-state index in [1.54, 1.807) is 0 Å². The number of rotatable bonds is 2. The van der Waals surface area contributed by atoms with Gasteiger partial charge in [-0.15, -0.1) is 0 Å². The van der Waals surface area contributed by atoms with Crippen molar-refractivity contribution in [3.63, 3.8) is 0 Å². The Hall–Kier alpha value is -2.60. The third kappa shape index (κ3) is 2.99. The Balaban J connectivity index is 2.40. The Bertz CT molecular complexity index is 651. The molecule has 3 nitrogen and oxygen atoms in total. The third-order valence-electron chi connectivity index (χ3n) is 2.81. The Morgan fingerprint density at radius 2 is 1.84 bits per heavy atom. The molecule has 0 heterocycles. The van der Waals surface area contributed by atoms with E-state index in [2.05, 4.69) is 11.4 Å². The molecule has 0 aromatic heterocycles. The summed E-state index contributed by atoms with van der Waals surface area (Å²) in [5.41, 5.74) is 4.39. The van der Waals surface area contributed by atoms with Gasteiger partial charge < -0.3 is 5.32 Å². The maximum Gasteiger partial charge on any atom is 0.221 e. The molecule has 0 atom stereocenters. The molecule has 2 aromatic carbocycles. The Labute approximate surface area is 112 Å². The lowest BCUT2D eigenvalue weighted by Gasteiger charge is -2.07. The number of hydrogen-bond donors (Lipinski definition) is 1.